The highest BCUT2D eigenvalue weighted by molar-refractivity contribution is 6.32. The molecule has 0 aliphatic heterocycles. The number of hydrogen-bond donors (Lipinski definition) is 1. The van der Waals surface area contributed by atoms with Gasteiger partial charge in [-0.2, -0.15) is 0 Å². The Labute approximate surface area is 163 Å². The summed E-state index contributed by atoms with van der Waals surface area (Å²) in [5, 5.41) is 3.11. The number of allylic oxidation sites excluding steroid dienone is 1. The fourth-order valence-corrected chi connectivity index (χ4v) is 2.62. The number of carbonyl (C=O) groups excluding carboxylic acids is 1. The van der Waals surface area contributed by atoms with Crippen LogP contribution in [0.15, 0.2) is 36.4 Å². The number of rotatable bonds is 8. The SMILES string of the molecule is C/C=C/c1ccc(OCC(=O)Nc2cc(OC)c(Cl)cc2OC)c(OC)c1. The van der Waals surface area contributed by atoms with Gasteiger partial charge in [0.15, 0.2) is 18.1 Å². The summed E-state index contributed by atoms with van der Waals surface area (Å²) < 4.78 is 21.3. The van der Waals surface area contributed by atoms with Gasteiger partial charge in [-0.25, -0.2) is 0 Å². The van der Waals surface area contributed by atoms with Crippen LogP contribution in [0.1, 0.15) is 12.5 Å². The van der Waals surface area contributed by atoms with Crippen LogP contribution in [0.3, 0.4) is 0 Å². The van der Waals surface area contributed by atoms with Crippen molar-refractivity contribution >= 4 is 29.3 Å². The molecule has 0 saturated heterocycles. The number of ether oxygens (including phenoxy) is 4. The highest BCUT2D eigenvalue weighted by Crippen LogP contribution is 2.36. The maximum atomic E-state index is 12.3. The number of methoxy groups -OCH3 is 3. The summed E-state index contributed by atoms with van der Waals surface area (Å²) in [6.45, 7) is 1.73. The minimum atomic E-state index is -0.364. The zero-order valence-corrected chi connectivity index (χ0v) is 16.4. The van der Waals surface area contributed by atoms with Crippen molar-refractivity contribution in [2.75, 3.05) is 33.3 Å². The van der Waals surface area contributed by atoms with Crippen LogP contribution in [0.2, 0.25) is 5.02 Å². The van der Waals surface area contributed by atoms with Gasteiger partial charge in [-0.3, -0.25) is 4.79 Å². The molecule has 2 rings (SSSR count). The Hall–Kier alpha value is -2.86. The molecule has 2 aromatic carbocycles. The molecule has 144 valence electrons. The summed E-state index contributed by atoms with van der Waals surface area (Å²) in [5.74, 6) is 1.50. The molecule has 0 aromatic heterocycles. The van der Waals surface area contributed by atoms with E-state index < -0.39 is 0 Å². The van der Waals surface area contributed by atoms with Crippen molar-refractivity contribution in [1.29, 1.82) is 0 Å². The summed E-state index contributed by atoms with van der Waals surface area (Å²) in [6, 6.07) is 8.63. The number of halogens is 1. The van der Waals surface area contributed by atoms with Gasteiger partial charge in [-0.1, -0.05) is 29.8 Å². The van der Waals surface area contributed by atoms with Crippen molar-refractivity contribution in [1.82, 2.24) is 0 Å². The number of anilines is 1. The van der Waals surface area contributed by atoms with Gasteiger partial charge in [0.2, 0.25) is 0 Å². The van der Waals surface area contributed by atoms with E-state index in [9.17, 15) is 4.79 Å². The van der Waals surface area contributed by atoms with Gasteiger partial charge in [0.1, 0.15) is 11.5 Å². The van der Waals surface area contributed by atoms with E-state index in [1.54, 1.807) is 25.3 Å². The Bertz CT molecular complexity index is 835. The molecule has 0 bridgehead atoms. The van der Waals surface area contributed by atoms with Crippen molar-refractivity contribution in [3.8, 4) is 23.0 Å². The number of carbonyl (C=O) groups is 1. The van der Waals surface area contributed by atoms with E-state index in [4.69, 9.17) is 30.5 Å². The maximum absolute atomic E-state index is 12.3. The van der Waals surface area contributed by atoms with Crippen LogP contribution in [0.25, 0.3) is 6.08 Å². The topological polar surface area (TPSA) is 66.0 Å². The summed E-state index contributed by atoms with van der Waals surface area (Å²) in [4.78, 5) is 12.3. The van der Waals surface area contributed by atoms with Crippen LogP contribution in [0, 0.1) is 0 Å². The highest BCUT2D eigenvalue weighted by Gasteiger charge is 2.14. The monoisotopic (exact) mass is 391 g/mol. The van der Waals surface area contributed by atoms with E-state index in [1.807, 2.05) is 31.2 Å². The lowest BCUT2D eigenvalue weighted by atomic mass is 10.2. The molecule has 27 heavy (non-hydrogen) atoms. The predicted molar refractivity (Wildman–Crippen MR) is 106 cm³/mol. The minimum absolute atomic E-state index is 0.201. The lowest BCUT2D eigenvalue weighted by molar-refractivity contribution is -0.118. The van der Waals surface area contributed by atoms with Gasteiger partial charge >= 0.3 is 0 Å². The third-order valence-electron chi connectivity index (χ3n) is 3.65. The molecule has 1 amide bonds. The molecule has 2 aromatic rings. The third kappa shape index (κ3) is 5.31. The Balaban J connectivity index is 2.09. The Morgan fingerprint density at radius 2 is 1.70 bits per heavy atom. The van der Waals surface area contributed by atoms with Gasteiger partial charge in [0.05, 0.1) is 32.0 Å². The number of benzene rings is 2. The van der Waals surface area contributed by atoms with Crippen LogP contribution in [0.4, 0.5) is 5.69 Å². The molecular formula is C20H22ClNO5. The molecule has 0 radical (unpaired) electrons. The first-order valence-electron chi connectivity index (χ1n) is 8.17. The fraction of sp³-hybridized carbons (Fsp3) is 0.250. The van der Waals surface area contributed by atoms with Crippen molar-refractivity contribution in [2.24, 2.45) is 0 Å². The van der Waals surface area contributed by atoms with Gasteiger partial charge < -0.3 is 24.3 Å². The molecule has 0 unspecified atom stereocenters. The number of nitrogens with one attached hydrogen (secondary N) is 1. The largest absolute Gasteiger partial charge is 0.495 e. The summed E-state index contributed by atoms with van der Waals surface area (Å²) >= 11 is 6.07. The van der Waals surface area contributed by atoms with Crippen LogP contribution < -0.4 is 24.3 Å². The normalized spacial score (nSPS) is 10.6. The first-order valence-corrected chi connectivity index (χ1v) is 8.55. The fourth-order valence-electron chi connectivity index (χ4n) is 2.39. The van der Waals surface area contributed by atoms with Crippen LogP contribution in [-0.4, -0.2) is 33.8 Å². The highest BCUT2D eigenvalue weighted by atomic mass is 35.5. The molecule has 7 heteroatoms. The minimum Gasteiger partial charge on any atom is -0.495 e. The summed E-state index contributed by atoms with van der Waals surface area (Å²) in [5.41, 5.74) is 1.41. The third-order valence-corrected chi connectivity index (χ3v) is 3.95. The molecule has 6 nitrogen and oxygen atoms in total. The second kappa shape index (κ2) is 9.73. The van der Waals surface area contributed by atoms with Gasteiger partial charge in [-0.05, 0) is 24.6 Å². The van der Waals surface area contributed by atoms with Crippen molar-refractivity contribution < 1.29 is 23.7 Å². The standard InChI is InChI=1S/C20H22ClNO5/c1-5-6-13-7-8-16(19(9-13)26-4)27-12-20(23)22-15-11-17(24-2)14(21)10-18(15)25-3/h5-11H,12H2,1-4H3,(H,22,23)/b6-5+. The Kier molecular flexibility index (Phi) is 7.37. The van der Waals surface area contributed by atoms with E-state index in [0.29, 0.717) is 33.7 Å². The maximum Gasteiger partial charge on any atom is 0.262 e. The van der Waals surface area contributed by atoms with E-state index in [-0.39, 0.29) is 12.5 Å². The van der Waals surface area contributed by atoms with Crippen molar-refractivity contribution in [3.05, 3.63) is 47.0 Å². The Morgan fingerprint density at radius 1 is 1.00 bits per heavy atom. The molecule has 0 atom stereocenters. The van der Waals surface area contributed by atoms with Crippen molar-refractivity contribution in [2.45, 2.75) is 6.92 Å². The summed E-state index contributed by atoms with van der Waals surface area (Å²) in [7, 11) is 4.53. The second-order valence-electron chi connectivity index (χ2n) is 5.43. The quantitative estimate of drug-likeness (QED) is 0.721. The van der Waals surface area contributed by atoms with E-state index in [1.165, 1.54) is 14.2 Å². The molecular weight excluding hydrogens is 370 g/mol. The zero-order chi connectivity index (χ0) is 19.8. The molecule has 0 aliphatic carbocycles. The lowest BCUT2D eigenvalue weighted by Crippen LogP contribution is -2.20. The lowest BCUT2D eigenvalue weighted by Gasteiger charge is -2.14. The van der Waals surface area contributed by atoms with Gasteiger partial charge in [0.25, 0.3) is 5.91 Å². The molecule has 0 heterocycles. The molecule has 1 N–H and O–H groups in total. The molecule has 0 fully saturated rings. The van der Waals surface area contributed by atoms with Crippen LogP contribution in [0.5, 0.6) is 23.0 Å². The average molecular weight is 392 g/mol. The molecule has 0 saturated carbocycles. The van der Waals surface area contributed by atoms with E-state index in [2.05, 4.69) is 5.32 Å². The number of amides is 1. The first kappa shape index (κ1) is 20.5. The van der Waals surface area contributed by atoms with Crippen molar-refractivity contribution in [3.63, 3.8) is 0 Å². The van der Waals surface area contributed by atoms with Crippen LogP contribution >= 0.6 is 11.6 Å². The van der Waals surface area contributed by atoms with Crippen LogP contribution in [-0.2, 0) is 4.79 Å². The average Bonchev–Trinajstić information content (AvgIpc) is 2.68. The Morgan fingerprint density at radius 3 is 2.33 bits per heavy atom. The first-order chi connectivity index (χ1) is 13.0. The van der Waals surface area contributed by atoms with Gasteiger partial charge in [-0.15, -0.1) is 0 Å². The van der Waals surface area contributed by atoms with E-state index >= 15 is 0 Å². The van der Waals surface area contributed by atoms with Gasteiger partial charge in [0, 0.05) is 12.1 Å². The second-order valence-corrected chi connectivity index (χ2v) is 5.84. The molecule has 0 aliphatic rings. The zero-order valence-electron chi connectivity index (χ0n) is 15.7. The smallest absolute Gasteiger partial charge is 0.262 e. The molecule has 0 spiro atoms. The predicted octanol–water partition coefficient (Wildman–Crippen LogP) is 4.42. The number of hydrogen-bond acceptors (Lipinski definition) is 5. The van der Waals surface area contributed by atoms with E-state index in [0.717, 1.165) is 5.56 Å². The summed E-state index contributed by atoms with van der Waals surface area (Å²) in [6.07, 6.45) is 3.87.